The summed E-state index contributed by atoms with van der Waals surface area (Å²) in [6.07, 6.45) is -0.272. The average molecular weight is 344 g/mol. The molecule has 0 N–H and O–H groups in total. The first-order valence-corrected chi connectivity index (χ1v) is 7.95. The molecule has 0 aromatic carbocycles. The van der Waals surface area contributed by atoms with Crippen LogP contribution in [-0.4, -0.2) is 49.8 Å². The summed E-state index contributed by atoms with van der Waals surface area (Å²) in [6, 6.07) is 0. The fraction of sp³-hybridized carbons (Fsp3) is 0.750. The van der Waals surface area contributed by atoms with Gasteiger partial charge in [0.25, 0.3) is 0 Å². The van der Waals surface area contributed by atoms with Crippen LogP contribution in [0.15, 0.2) is 0 Å². The molecule has 1 fully saturated rings. The first-order chi connectivity index (χ1) is 11.3. The Morgan fingerprint density at radius 1 is 1.12 bits per heavy atom. The lowest BCUT2D eigenvalue weighted by molar-refractivity contribution is -0.162. The number of hydrogen-bond acceptors (Lipinski definition) is 8. The monoisotopic (exact) mass is 344 g/mol. The molecule has 0 saturated carbocycles. The quantitative estimate of drug-likeness (QED) is 0.348. The summed E-state index contributed by atoms with van der Waals surface area (Å²) in [7, 11) is 0. The van der Waals surface area contributed by atoms with Crippen molar-refractivity contribution in [2.24, 2.45) is 5.41 Å². The Morgan fingerprint density at radius 3 is 2.33 bits per heavy atom. The van der Waals surface area contributed by atoms with Crippen LogP contribution in [0, 0.1) is 5.41 Å². The Balaban J connectivity index is 2.12. The zero-order chi connectivity index (χ0) is 18.2. The van der Waals surface area contributed by atoms with Crippen LogP contribution in [0.2, 0.25) is 0 Å². The second-order valence-electron chi connectivity index (χ2n) is 6.03. The van der Waals surface area contributed by atoms with Gasteiger partial charge in [0.1, 0.15) is 13.2 Å². The minimum atomic E-state index is -0.880. The molecule has 1 aliphatic heterocycles. The summed E-state index contributed by atoms with van der Waals surface area (Å²) < 4.78 is 19.4. The topological polar surface area (TPSA) is 105 Å². The van der Waals surface area contributed by atoms with E-state index in [9.17, 15) is 19.2 Å². The molecule has 24 heavy (non-hydrogen) atoms. The highest BCUT2D eigenvalue weighted by Crippen LogP contribution is 2.21. The van der Waals surface area contributed by atoms with Crippen molar-refractivity contribution in [3.8, 4) is 0 Å². The highest BCUT2D eigenvalue weighted by molar-refractivity contribution is 5.82. The van der Waals surface area contributed by atoms with E-state index in [1.165, 1.54) is 0 Å². The SMILES string of the molecule is CCC(C)(C)C(=O)OCCOC(=O)CCC(=O)OC1CCOC1=O. The third kappa shape index (κ3) is 6.55. The van der Waals surface area contributed by atoms with Gasteiger partial charge in [-0.05, 0) is 20.3 Å². The minimum Gasteiger partial charge on any atom is -0.463 e. The maximum Gasteiger partial charge on any atom is 0.347 e. The van der Waals surface area contributed by atoms with Gasteiger partial charge in [-0.25, -0.2) is 4.79 Å². The molecule has 0 bridgehead atoms. The lowest BCUT2D eigenvalue weighted by atomic mass is 9.91. The standard InChI is InChI=1S/C16H24O8/c1-4-16(2,3)15(20)23-10-9-21-12(17)5-6-13(18)24-11-7-8-22-14(11)19/h11H,4-10H2,1-3H3. The van der Waals surface area contributed by atoms with E-state index in [0.29, 0.717) is 12.8 Å². The van der Waals surface area contributed by atoms with Gasteiger partial charge in [-0.1, -0.05) is 6.92 Å². The first-order valence-electron chi connectivity index (χ1n) is 7.95. The van der Waals surface area contributed by atoms with Crippen LogP contribution >= 0.6 is 0 Å². The molecule has 136 valence electrons. The Hall–Kier alpha value is -2.12. The average Bonchev–Trinajstić information content (AvgIpc) is 2.94. The fourth-order valence-electron chi connectivity index (χ4n) is 1.71. The van der Waals surface area contributed by atoms with Crippen LogP contribution in [0.5, 0.6) is 0 Å². The van der Waals surface area contributed by atoms with Gasteiger partial charge < -0.3 is 18.9 Å². The third-order valence-corrected chi connectivity index (χ3v) is 3.71. The number of cyclic esters (lactones) is 1. The van der Waals surface area contributed by atoms with Gasteiger partial charge >= 0.3 is 23.9 Å². The Bertz CT molecular complexity index is 482. The van der Waals surface area contributed by atoms with Crippen LogP contribution < -0.4 is 0 Å². The number of hydrogen-bond donors (Lipinski definition) is 0. The van der Waals surface area contributed by atoms with Crippen molar-refractivity contribution in [1.29, 1.82) is 0 Å². The molecule has 0 aromatic heterocycles. The number of carbonyl (C=O) groups is 4. The first kappa shape index (κ1) is 19.9. The normalized spacial score (nSPS) is 17.1. The van der Waals surface area contributed by atoms with Gasteiger partial charge in [-0.15, -0.1) is 0 Å². The molecule has 0 spiro atoms. The Morgan fingerprint density at radius 2 is 1.75 bits per heavy atom. The van der Waals surface area contributed by atoms with Crippen molar-refractivity contribution in [2.75, 3.05) is 19.8 Å². The summed E-state index contributed by atoms with van der Waals surface area (Å²) in [5.41, 5.74) is -0.574. The number of carbonyl (C=O) groups excluding carboxylic acids is 4. The lowest BCUT2D eigenvalue weighted by Gasteiger charge is -2.20. The second kappa shape index (κ2) is 9.24. The van der Waals surface area contributed by atoms with Gasteiger partial charge in [0.2, 0.25) is 6.10 Å². The maximum atomic E-state index is 11.7. The lowest BCUT2D eigenvalue weighted by Crippen LogP contribution is -2.27. The third-order valence-electron chi connectivity index (χ3n) is 3.71. The van der Waals surface area contributed by atoms with Gasteiger partial charge in [-0.2, -0.15) is 0 Å². The molecule has 0 aliphatic carbocycles. The molecule has 1 atom stereocenters. The van der Waals surface area contributed by atoms with E-state index in [1.807, 2.05) is 6.92 Å². The van der Waals surface area contributed by atoms with Gasteiger partial charge in [0.05, 0.1) is 24.9 Å². The van der Waals surface area contributed by atoms with Gasteiger partial charge in [0, 0.05) is 6.42 Å². The fourth-order valence-corrected chi connectivity index (χ4v) is 1.71. The summed E-state index contributed by atoms with van der Waals surface area (Å²) in [4.78, 5) is 45.8. The minimum absolute atomic E-state index is 0.0354. The molecule has 1 aliphatic rings. The number of ether oxygens (including phenoxy) is 4. The van der Waals surface area contributed by atoms with E-state index in [0.717, 1.165) is 0 Å². The zero-order valence-corrected chi connectivity index (χ0v) is 14.3. The van der Waals surface area contributed by atoms with E-state index in [2.05, 4.69) is 4.74 Å². The molecule has 1 heterocycles. The Labute approximate surface area is 140 Å². The van der Waals surface area contributed by atoms with Crippen molar-refractivity contribution in [1.82, 2.24) is 0 Å². The van der Waals surface area contributed by atoms with Crippen molar-refractivity contribution >= 4 is 23.9 Å². The Kier molecular flexibility index (Phi) is 7.67. The smallest absolute Gasteiger partial charge is 0.347 e. The molecular weight excluding hydrogens is 320 g/mol. The molecule has 0 radical (unpaired) electrons. The largest absolute Gasteiger partial charge is 0.463 e. The number of esters is 4. The summed E-state index contributed by atoms with van der Waals surface area (Å²) in [5, 5.41) is 0. The van der Waals surface area contributed by atoms with E-state index < -0.39 is 29.4 Å². The van der Waals surface area contributed by atoms with Crippen LogP contribution in [-0.2, 0) is 38.1 Å². The molecule has 0 aromatic rings. The van der Waals surface area contributed by atoms with Crippen molar-refractivity contribution < 1.29 is 38.1 Å². The van der Waals surface area contributed by atoms with Crippen molar-refractivity contribution in [3.63, 3.8) is 0 Å². The zero-order valence-electron chi connectivity index (χ0n) is 14.3. The van der Waals surface area contributed by atoms with E-state index in [4.69, 9.17) is 14.2 Å². The summed E-state index contributed by atoms with van der Waals surface area (Å²) in [5.74, 6) is -2.19. The molecule has 0 amide bonds. The number of rotatable bonds is 9. The summed E-state index contributed by atoms with van der Waals surface area (Å²) >= 11 is 0. The van der Waals surface area contributed by atoms with Gasteiger partial charge in [-0.3, -0.25) is 14.4 Å². The predicted octanol–water partition coefficient (Wildman–Crippen LogP) is 1.15. The molecule has 8 heteroatoms. The summed E-state index contributed by atoms with van der Waals surface area (Å²) in [6.45, 7) is 5.54. The van der Waals surface area contributed by atoms with E-state index in [1.54, 1.807) is 13.8 Å². The van der Waals surface area contributed by atoms with Crippen LogP contribution in [0.3, 0.4) is 0 Å². The second-order valence-corrected chi connectivity index (χ2v) is 6.03. The van der Waals surface area contributed by atoms with Crippen LogP contribution in [0.25, 0.3) is 0 Å². The molecule has 1 unspecified atom stereocenters. The molecule has 8 nitrogen and oxygen atoms in total. The van der Waals surface area contributed by atoms with E-state index >= 15 is 0 Å². The predicted molar refractivity (Wildman–Crippen MR) is 80.7 cm³/mol. The highest BCUT2D eigenvalue weighted by atomic mass is 16.6. The van der Waals surface area contributed by atoms with Crippen LogP contribution in [0.1, 0.15) is 46.5 Å². The highest BCUT2D eigenvalue weighted by Gasteiger charge is 2.30. The van der Waals surface area contributed by atoms with Gasteiger partial charge in [0.15, 0.2) is 0 Å². The van der Waals surface area contributed by atoms with Crippen molar-refractivity contribution in [3.05, 3.63) is 0 Å². The maximum absolute atomic E-state index is 11.7. The van der Waals surface area contributed by atoms with E-state index in [-0.39, 0.29) is 38.6 Å². The molecule has 1 rings (SSSR count). The molecular formula is C16H24O8. The van der Waals surface area contributed by atoms with Crippen LogP contribution in [0.4, 0.5) is 0 Å². The molecule has 1 saturated heterocycles. The van der Waals surface area contributed by atoms with Crippen molar-refractivity contribution in [2.45, 2.75) is 52.6 Å².